The SMILES string of the molecule is CNC(=O)C1CCN(c2nc3cnccc3s2)CC1. The number of piperidine rings is 1. The summed E-state index contributed by atoms with van der Waals surface area (Å²) in [6.07, 6.45) is 5.39. The first-order valence-electron chi connectivity index (χ1n) is 6.45. The van der Waals surface area contributed by atoms with Gasteiger partial charge >= 0.3 is 0 Å². The predicted molar refractivity (Wildman–Crippen MR) is 76.4 cm³/mol. The molecule has 1 N–H and O–H groups in total. The largest absolute Gasteiger partial charge is 0.359 e. The number of carbonyl (C=O) groups excluding carboxylic acids is 1. The van der Waals surface area contributed by atoms with Gasteiger partial charge in [-0.1, -0.05) is 11.3 Å². The highest BCUT2D eigenvalue weighted by atomic mass is 32.1. The number of hydrogen-bond donors (Lipinski definition) is 1. The zero-order valence-corrected chi connectivity index (χ0v) is 11.6. The summed E-state index contributed by atoms with van der Waals surface area (Å²) in [5.74, 6) is 0.311. The van der Waals surface area contributed by atoms with Crippen molar-refractivity contribution in [3.8, 4) is 0 Å². The molecule has 1 amide bonds. The Hall–Kier alpha value is -1.69. The molecular weight excluding hydrogens is 260 g/mol. The van der Waals surface area contributed by atoms with Crippen molar-refractivity contribution >= 4 is 32.6 Å². The molecule has 6 heteroatoms. The van der Waals surface area contributed by atoms with E-state index in [1.807, 2.05) is 6.07 Å². The number of nitrogens with one attached hydrogen (secondary N) is 1. The second kappa shape index (κ2) is 5.13. The Bertz CT molecular complexity index is 556. The molecule has 2 aromatic rings. The van der Waals surface area contributed by atoms with E-state index in [9.17, 15) is 4.79 Å². The lowest BCUT2D eigenvalue weighted by atomic mass is 9.96. The van der Waals surface area contributed by atoms with E-state index in [2.05, 4.69) is 20.2 Å². The fraction of sp³-hybridized carbons (Fsp3) is 0.462. The third-order valence-corrected chi connectivity index (χ3v) is 4.66. The lowest BCUT2D eigenvalue weighted by Crippen LogP contribution is -2.39. The Morgan fingerprint density at radius 3 is 2.95 bits per heavy atom. The fourth-order valence-electron chi connectivity index (χ4n) is 2.44. The van der Waals surface area contributed by atoms with Crippen molar-refractivity contribution in [2.75, 3.05) is 25.0 Å². The second-order valence-electron chi connectivity index (χ2n) is 4.72. The summed E-state index contributed by atoms with van der Waals surface area (Å²) in [4.78, 5) is 22.6. The van der Waals surface area contributed by atoms with E-state index >= 15 is 0 Å². The van der Waals surface area contributed by atoms with Crippen molar-refractivity contribution in [3.63, 3.8) is 0 Å². The van der Waals surface area contributed by atoms with Gasteiger partial charge in [0.05, 0.1) is 10.9 Å². The summed E-state index contributed by atoms with van der Waals surface area (Å²) in [6, 6.07) is 1.99. The molecule has 3 heterocycles. The van der Waals surface area contributed by atoms with Crippen LogP contribution in [0.3, 0.4) is 0 Å². The molecule has 3 rings (SSSR count). The smallest absolute Gasteiger partial charge is 0.222 e. The molecule has 19 heavy (non-hydrogen) atoms. The molecule has 5 nitrogen and oxygen atoms in total. The van der Waals surface area contributed by atoms with E-state index in [1.165, 1.54) is 4.70 Å². The Morgan fingerprint density at radius 1 is 1.47 bits per heavy atom. The van der Waals surface area contributed by atoms with Gasteiger partial charge in [-0.25, -0.2) is 4.98 Å². The zero-order chi connectivity index (χ0) is 13.2. The van der Waals surface area contributed by atoms with Crippen LogP contribution in [0.1, 0.15) is 12.8 Å². The number of carbonyl (C=O) groups is 1. The minimum Gasteiger partial charge on any atom is -0.359 e. The molecule has 0 bridgehead atoms. The standard InChI is InChI=1S/C13H16N4OS/c1-14-12(18)9-3-6-17(7-4-9)13-16-10-8-15-5-2-11(10)19-13/h2,5,8-9H,3-4,6-7H2,1H3,(H,14,18). The van der Waals surface area contributed by atoms with Gasteiger partial charge in [0.25, 0.3) is 0 Å². The van der Waals surface area contributed by atoms with Gasteiger partial charge in [-0.2, -0.15) is 0 Å². The van der Waals surface area contributed by atoms with Gasteiger partial charge in [0.2, 0.25) is 5.91 Å². The van der Waals surface area contributed by atoms with Crippen LogP contribution in [0.4, 0.5) is 5.13 Å². The Kier molecular flexibility index (Phi) is 3.33. The molecule has 1 saturated heterocycles. The van der Waals surface area contributed by atoms with Crippen LogP contribution in [0, 0.1) is 5.92 Å². The van der Waals surface area contributed by atoms with Crippen LogP contribution in [0.2, 0.25) is 0 Å². The monoisotopic (exact) mass is 276 g/mol. The number of nitrogens with zero attached hydrogens (tertiary/aromatic N) is 3. The van der Waals surface area contributed by atoms with E-state index in [0.717, 1.165) is 36.6 Å². The quantitative estimate of drug-likeness (QED) is 0.906. The van der Waals surface area contributed by atoms with Crippen LogP contribution in [-0.2, 0) is 4.79 Å². The van der Waals surface area contributed by atoms with Gasteiger partial charge in [0.15, 0.2) is 5.13 Å². The average Bonchev–Trinajstić information content (AvgIpc) is 2.90. The molecule has 0 aliphatic carbocycles. The number of amides is 1. The highest BCUT2D eigenvalue weighted by Gasteiger charge is 2.25. The first kappa shape index (κ1) is 12.3. The highest BCUT2D eigenvalue weighted by molar-refractivity contribution is 7.22. The lowest BCUT2D eigenvalue weighted by molar-refractivity contribution is -0.125. The minimum atomic E-state index is 0.150. The predicted octanol–water partition coefficient (Wildman–Crippen LogP) is 1.65. The maximum atomic E-state index is 11.6. The summed E-state index contributed by atoms with van der Waals surface area (Å²) in [5, 5.41) is 3.77. The Morgan fingerprint density at radius 2 is 2.26 bits per heavy atom. The van der Waals surface area contributed by atoms with Crippen molar-refractivity contribution in [3.05, 3.63) is 18.5 Å². The number of hydrogen-bond acceptors (Lipinski definition) is 5. The van der Waals surface area contributed by atoms with Crippen LogP contribution in [-0.4, -0.2) is 36.0 Å². The third kappa shape index (κ3) is 2.40. The van der Waals surface area contributed by atoms with E-state index in [-0.39, 0.29) is 11.8 Å². The zero-order valence-electron chi connectivity index (χ0n) is 10.8. The first-order valence-corrected chi connectivity index (χ1v) is 7.26. The maximum absolute atomic E-state index is 11.6. The van der Waals surface area contributed by atoms with E-state index < -0.39 is 0 Å². The molecule has 0 aromatic carbocycles. The molecule has 100 valence electrons. The third-order valence-electron chi connectivity index (χ3n) is 3.56. The van der Waals surface area contributed by atoms with Crippen LogP contribution in [0.5, 0.6) is 0 Å². The normalized spacial score (nSPS) is 16.8. The molecule has 1 aliphatic heterocycles. The minimum absolute atomic E-state index is 0.150. The van der Waals surface area contributed by atoms with Crippen molar-refractivity contribution < 1.29 is 4.79 Å². The van der Waals surface area contributed by atoms with Crippen molar-refractivity contribution in [2.45, 2.75) is 12.8 Å². The van der Waals surface area contributed by atoms with Gasteiger partial charge in [-0.05, 0) is 18.9 Å². The van der Waals surface area contributed by atoms with Crippen LogP contribution < -0.4 is 10.2 Å². The van der Waals surface area contributed by atoms with Crippen molar-refractivity contribution in [1.29, 1.82) is 0 Å². The number of aromatic nitrogens is 2. The molecule has 0 unspecified atom stereocenters. The van der Waals surface area contributed by atoms with Gasteiger partial charge in [-0.3, -0.25) is 9.78 Å². The molecule has 1 fully saturated rings. The molecule has 0 spiro atoms. The topological polar surface area (TPSA) is 58.1 Å². The maximum Gasteiger partial charge on any atom is 0.222 e. The summed E-state index contributed by atoms with van der Waals surface area (Å²) < 4.78 is 1.17. The summed E-state index contributed by atoms with van der Waals surface area (Å²) in [7, 11) is 1.70. The molecule has 0 saturated carbocycles. The molecule has 0 atom stereocenters. The van der Waals surface area contributed by atoms with Gasteiger partial charge in [-0.15, -0.1) is 0 Å². The Balaban J connectivity index is 1.72. The summed E-state index contributed by atoms with van der Waals surface area (Å²) >= 11 is 1.69. The highest BCUT2D eigenvalue weighted by Crippen LogP contribution is 2.30. The van der Waals surface area contributed by atoms with Crippen LogP contribution >= 0.6 is 11.3 Å². The van der Waals surface area contributed by atoms with E-state index in [0.29, 0.717) is 0 Å². The number of fused-ring (bicyclic) bond motifs is 1. The number of thiazole rings is 1. The fourth-order valence-corrected chi connectivity index (χ4v) is 3.42. The number of pyridine rings is 1. The van der Waals surface area contributed by atoms with Gasteiger partial charge < -0.3 is 10.2 Å². The van der Waals surface area contributed by atoms with Crippen molar-refractivity contribution in [1.82, 2.24) is 15.3 Å². The van der Waals surface area contributed by atoms with E-state index in [4.69, 9.17) is 0 Å². The van der Waals surface area contributed by atoms with Crippen molar-refractivity contribution in [2.24, 2.45) is 5.92 Å². The molecule has 0 radical (unpaired) electrons. The second-order valence-corrected chi connectivity index (χ2v) is 5.72. The van der Waals surface area contributed by atoms with Gasteiger partial charge in [0, 0.05) is 32.3 Å². The number of anilines is 1. The number of rotatable bonds is 2. The summed E-state index contributed by atoms with van der Waals surface area (Å²) in [5.41, 5.74) is 0.955. The molecule has 2 aromatic heterocycles. The first-order chi connectivity index (χ1) is 9.28. The van der Waals surface area contributed by atoms with Crippen LogP contribution in [0.25, 0.3) is 10.2 Å². The Labute approximate surface area is 115 Å². The average molecular weight is 276 g/mol. The molecular formula is C13H16N4OS. The molecule has 1 aliphatic rings. The summed E-state index contributed by atoms with van der Waals surface area (Å²) in [6.45, 7) is 1.79. The van der Waals surface area contributed by atoms with E-state index in [1.54, 1.807) is 30.8 Å². The van der Waals surface area contributed by atoms with Gasteiger partial charge in [0.1, 0.15) is 5.52 Å². The lowest BCUT2D eigenvalue weighted by Gasteiger charge is -2.30. The van der Waals surface area contributed by atoms with Crippen LogP contribution in [0.15, 0.2) is 18.5 Å².